The van der Waals surface area contributed by atoms with Crippen LogP contribution in [0.15, 0.2) is 23.0 Å². The first-order chi connectivity index (χ1) is 15.1. The Balaban J connectivity index is 0.987. The summed E-state index contributed by atoms with van der Waals surface area (Å²) in [7, 11) is 0. The Morgan fingerprint density at radius 3 is 2.45 bits per heavy atom. The largest absolute Gasteiger partial charge is 0.493 e. The summed E-state index contributed by atoms with van der Waals surface area (Å²) in [5, 5.41) is 4.57. The van der Waals surface area contributed by atoms with E-state index in [-0.39, 0.29) is 5.56 Å². The van der Waals surface area contributed by atoms with Gasteiger partial charge in [-0.3, -0.25) is 4.79 Å². The third-order valence-electron chi connectivity index (χ3n) is 7.93. The van der Waals surface area contributed by atoms with Crippen molar-refractivity contribution in [3.05, 3.63) is 34.4 Å². The summed E-state index contributed by atoms with van der Waals surface area (Å²) in [5.74, 6) is 4.35. The molecule has 31 heavy (non-hydrogen) atoms. The van der Waals surface area contributed by atoms with Crippen molar-refractivity contribution < 1.29 is 4.74 Å². The zero-order valence-corrected chi connectivity index (χ0v) is 18.9. The Labute approximate surface area is 185 Å². The normalized spacial score (nSPS) is 29.0. The number of aromatic amines is 1. The van der Waals surface area contributed by atoms with Crippen molar-refractivity contribution in [2.75, 3.05) is 13.2 Å². The molecule has 0 spiro atoms. The summed E-state index contributed by atoms with van der Waals surface area (Å²) < 4.78 is 5.93. The predicted molar refractivity (Wildman–Crippen MR) is 125 cm³/mol. The van der Waals surface area contributed by atoms with Crippen molar-refractivity contribution in [2.24, 2.45) is 17.8 Å². The number of hydrogen-bond acceptors (Lipinski definition) is 4. The minimum atomic E-state index is -0.121. The minimum absolute atomic E-state index is 0.121. The molecule has 0 saturated heterocycles. The van der Waals surface area contributed by atoms with Crippen LogP contribution in [0.2, 0.25) is 0 Å². The van der Waals surface area contributed by atoms with E-state index in [9.17, 15) is 4.79 Å². The molecule has 168 valence electrons. The predicted octanol–water partition coefficient (Wildman–Crippen LogP) is 5.12. The molecule has 1 aromatic heterocycles. The van der Waals surface area contributed by atoms with Gasteiger partial charge in [-0.25, -0.2) is 4.98 Å². The molecule has 0 atom stereocenters. The van der Waals surface area contributed by atoms with Gasteiger partial charge in [0.1, 0.15) is 17.0 Å². The molecular weight excluding hydrogens is 386 g/mol. The number of unbranched alkanes of at least 4 members (excludes halogenated alkanes) is 4. The van der Waals surface area contributed by atoms with E-state index >= 15 is 0 Å². The van der Waals surface area contributed by atoms with Crippen molar-refractivity contribution in [1.29, 1.82) is 0 Å². The molecule has 5 nitrogen and oxygen atoms in total. The number of nitrogens with zero attached hydrogens (tertiary/aromatic N) is 1. The molecule has 4 saturated carbocycles. The number of H-pyrrole nitrogens is 1. The van der Waals surface area contributed by atoms with Crippen LogP contribution in [0.4, 0.5) is 0 Å². The highest BCUT2D eigenvalue weighted by Crippen LogP contribution is 2.55. The number of ether oxygens (including phenoxy) is 1. The molecule has 4 aliphatic rings. The smallest absolute Gasteiger partial charge is 0.262 e. The minimum Gasteiger partial charge on any atom is -0.493 e. The van der Waals surface area contributed by atoms with Crippen LogP contribution in [0.25, 0.3) is 10.9 Å². The highest BCUT2D eigenvalue weighted by atomic mass is 16.5. The average Bonchev–Trinajstić information content (AvgIpc) is 2.71. The van der Waals surface area contributed by atoms with Gasteiger partial charge in [-0.1, -0.05) is 25.3 Å². The molecule has 4 aliphatic carbocycles. The molecule has 2 aromatic rings. The van der Waals surface area contributed by atoms with E-state index in [0.29, 0.717) is 34.6 Å². The molecule has 0 unspecified atom stereocenters. The second-order valence-corrected chi connectivity index (χ2v) is 10.5. The van der Waals surface area contributed by atoms with Crippen LogP contribution >= 0.6 is 0 Å². The van der Waals surface area contributed by atoms with Gasteiger partial charge in [-0.05, 0) is 94.7 Å². The number of benzene rings is 1. The lowest BCUT2D eigenvalue weighted by atomic mass is 9.53. The molecule has 0 aliphatic heterocycles. The van der Waals surface area contributed by atoms with Crippen molar-refractivity contribution >= 4 is 10.9 Å². The molecule has 0 amide bonds. The number of aryl methyl sites for hydroxylation is 1. The maximum Gasteiger partial charge on any atom is 0.262 e. The Morgan fingerprint density at radius 1 is 1.03 bits per heavy atom. The molecule has 4 bridgehead atoms. The molecule has 5 heteroatoms. The SMILES string of the molecule is Cc1nc2cccc(OCCCCCCCNC34CC5CC(CC(C5)C3)C4)c2c(=O)[nH]1. The maximum atomic E-state index is 12.3. The van der Waals surface area contributed by atoms with E-state index in [1.807, 2.05) is 18.2 Å². The summed E-state index contributed by atoms with van der Waals surface area (Å²) in [5.41, 5.74) is 1.08. The van der Waals surface area contributed by atoms with E-state index in [4.69, 9.17) is 4.74 Å². The van der Waals surface area contributed by atoms with Gasteiger partial charge in [-0.2, -0.15) is 0 Å². The number of aromatic nitrogens is 2. The Kier molecular flexibility index (Phi) is 6.05. The summed E-state index contributed by atoms with van der Waals surface area (Å²) in [4.78, 5) is 19.4. The van der Waals surface area contributed by atoms with Crippen molar-refractivity contribution in [1.82, 2.24) is 15.3 Å². The Hall–Kier alpha value is -1.88. The van der Waals surface area contributed by atoms with Crippen LogP contribution in [-0.4, -0.2) is 28.7 Å². The van der Waals surface area contributed by atoms with Gasteiger partial charge in [0.05, 0.1) is 12.1 Å². The van der Waals surface area contributed by atoms with Crippen LogP contribution in [0, 0.1) is 24.7 Å². The maximum absolute atomic E-state index is 12.3. The first kappa shape index (κ1) is 21.0. The number of hydrogen-bond donors (Lipinski definition) is 2. The first-order valence-electron chi connectivity index (χ1n) is 12.5. The van der Waals surface area contributed by atoms with Gasteiger partial charge in [0.25, 0.3) is 5.56 Å². The monoisotopic (exact) mass is 423 g/mol. The highest BCUT2D eigenvalue weighted by molar-refractivity contribution is 5.84. The van der Waals surface area contributed by atoms with Crippen LogP contribution in [0.1, 0.15) is 76.5 Å². The lowest BCUT2D eigenvalue weighted by Gasteiger charge is -2.57. The number of fused-ring (bicyclic) bond motifs is 1. The van der Waals surface area contributed by atoms with Crippen LogP contribution in [-0.2, 0) is 0 Å². The van der Waals surface area contributed by atoms with Gasteiger partial charge < -0.3 is 15.0 Å². The van der Waals surface area contributed by atoms with E-state index in [1.54, 1.807) is 6.92 Å². The summed E-state index contributed by atoms with van der Waals surface area (Å²) >= 11 is 0. The average molecular weight is 424 g/mol. The summed E-state index contributed by atoms with van der Waals surface area (Å²) in [6.07, 6.45) is 14.9. The third-order valence-corrected chi connectivity index (χ3v) is 7.93. The molecule has 2 N–H and O–H groups in total. The summed E-state index contributed by atoms with van der Waals surface area (Å²) in [6.45, 7) is 3.64. The zero-order chi connectivity index (χ0) is 21.3. The lowest BCUT2D eigenvalue weighted by Crippen LogP contribution is -2.58. The fourth-order valence-corrected chi connectivity index (χ4v) is 7.02. The van der Waals surface area contributed by atoms with Gasteiger partial charge in [0, 0.05) is 5.54 Å². The fraction of sp³-hybridized carbons (Fsp3) is 0.692. The topological polar surface area (TPSA) is 67.0 Å². The number of nitrogens with one attached hydrogen (secondary N) is 2. The standard InChI is InChI=1S/C26H37N3O2/c1-18-28-22-8-7-9-23(24(22)25(30)29-18)31-11-6-4-2-3-5-10-27-26-15-19-12-20(16-26)14-21(13-19)17-26/h7-9,19-21,27H,2-6,10-17H2,1H3,(H,28,29,30). The molecule has 1 aromatic carbocycles. The van der Waals surface area contributed by atoms with Crippen molar-refractivity contribution in [3.63, 3.8) is 0 Å². The van der Waals surface area contributed by atoms with Crippen LogP contribution in [0.3, 0.4) is 0 Å². The number of rotatable bonds is 10. The second-order valence-electron chi connectivity index (χ2n) is 10.5. The Bertz CT molecular complexity index is 931. The van der Waals surface area contributed by atoms with Crippen molar-refractivity contribution in [2.45, 2.75) is 83.1 Å². The molecule has 6 rings (SSSR count). The van der Waals surface area contributed by atoms with Crippen molar-refractivity contribution in [3.8, 4) is 5.75 Å². The van der Waals surface area contributed by atoms with Gasteiger partial charge in [0.2, 0.25) is 0 Å². The molecule has 0 radical (unpaired) electrons. The van der Waals surface area contributed by atoms with Gasteiger partial charge in [0.15, 0.2) is 0 Å². The molecule has 4 fully saturated rings. The Morgan fingerprint density at radius 2 is 1.71 bits per heavy atom. The van der Waals surface area contributed by atoms with Gasteiger partial charge >= 0.3 is 0 Å². The van der Waals surface area contributed by atoms with Crippen LogP contribution < -0.4 is 15.6 Å². The summed E-state index contributed by atoms with van der Waals surface area (Å²) in [6, 6.07) is 5.63. The van der Waals surface area contributed by atoms with E-state index in [2.05, 4.69) is 15.3 Å². The van der Waals surface area contributed by atoms with E-state index in [0.717, 1.165) is 24.2 Å². The molecular formula is C26H37N3O2. The van der Waals surface area contributed by atoms with Crippen LogP contribution in [0.5, 0.6) is 5.75 Å². The quantitative estimate of drug-likeness (QED) is 0.521. The van der Waals surface area contributed by atoms with E-state index < -0.39 is 0 Å². The van der Waals surface area contributed by atoms with Gasteiger partial charge in [-0.15, -0.1) is 0 Å². The molecule has 1 heterocycles. The second kappa shape index (κ2) is 8.93. The third kappa shape index (κ3) is 4.67. The lowest BCUT2D eigenvalue weighted by molar-refractivity contribution is -0.0196. The fourth-order valence-electron chi connectivity index (χ4n) is 7.02. The van der Waals surface area contributed by atoms with E-state index in [1.165, 1.54) is 70.8 Å². The highest BCUT2D eigenvalue weighted by Gasteiger charge is 2.50. The first-order valence-corrected chi connectivity index (χ1v) is 12.5. The zero-order valence-electron chi connectivity index (χ0n) is 18.9.